The van der Waals surface area contributed by atoms with Gasteiger partial charge in [0.25, 0.3) is 0 Å². The molecule has 21 heavy (non-hydrogen) atoms. The van der Waals surface area contributed by atoms with Crippen molar-refractivity contribution in [2.24, 2.45) is 0 Å². The smallest absolute Gasteiger partial charge is 0.399 e. The molecule has 1 aromatic heterocycles. The summed E-state index contributed by atoms with van der Waals surface area (Å²) in [7, 11) is 0. The van der Waals surface area contributed by atoms with Crippen molar-refractivity contribution in [3.8, 4) is 0 Å². The maximum absolute atomic E-state index is 12.4. The number of halogens is 9. The van der Waals surface area contributed by atoms with Gasteiger partial charge in [-0.3, -0.25) is 0 Å². The van der Waals surface area contributed by atoms with Gasteiger partial charge in [0.1, 0.15) is 12.9 Å². The minimum Gasteiger partial charge on any atom is -0.399 e. The van der Waals surface area contributed by atoms with Crippen LogP contribution in [0.4, 0.5) is 39.5 Å². The average molecular weight is 334 g/mol. The largest absolute Gasteiger partial charge is 0.518 e. The molecule has 0 fully saturated rings. The molecule has 0 aliphatic heterocycles. The molecule has 0 saturated heterocycles. The zero-order valence-corrected chi connectivity index (χ0v) is 9.32. The summed E-state index contributed by atoms with van der Waals surface area (Å²) in [6.45, 7) is -1.94. The van der Waals surface area contributed by atoms with E-state index < -0.39 is 42.3 Å². The van der Waals surface area contributed by atoms with Gasteiger partial charge in [-0.1, -0.05) is 0 Å². The van der Waals surface area contributed by atoms with Crippen LogP contribution in [0.1, 0.15) is 5.76 Å². The lowest BCUT2D eigenvalue weighted by Crippen LogP contribution is -2.67. The first-order chi connectivity index (χ1) is 9.22. The van der Waals surface area contributed by atoms with Gasteiger partial charge in [0.15, 0.2) is 5.76 Å². The molecule has 0 unspecified atom stereocenters. The molecule has 0 amide bonds. The molecule has 122 valence electrons. The van der Waals surface area contributed by atoms with Gasteiger partial charge in [-0.15, -0.1) is 0 Å². The molecule has 0 bridgehead atoms. The predicted molar refractivity (Wildman–Crippen MR) is 42.9 cm³/mol. The van der Waals surface area contributed by atoms with Crippen molar-refractivity contribution >= 4 is 0 Å². The topological polar surface area (TPSA) is 52.6 Å². The van der Waals surface area contributed by atoms with Crippen LogP contribution in [0.5, 0.6) is 0 Å². The molecule has 1 rings (SSSR count). The Hall–Kier alpha value is -1.66. The van der Waals surface area contributed by atoms with E-state index in [4.69, 9.17) is 0 Å². The standard InChI is InChI=1S/C8H3F9O4/c9-6(10,11)5(7(12,13)14,8(15,16)17)20-2-3-1-19-4(18)21-3/h1H,2H2. The Morgan fingerprint density at radius 1 is 0.905 bits per heavy atom. The van der Waals surface area contributed by atoms with Gasteiger partial charge < -0.3 is 13.6 Å². The van der Waals surface area contributed by atoms with E-state index in [0.29, 0.717) is 0 Å². The highest BCUT2D eigenvalue weighted by atomic mass is 19.4. The summed E-state index contributed by atoms with van der Waals surface area (Å²) >= 11 is 0. The third-order valence-corrected chi connectivity index (χ3v) is 2.13. The van der Waals surface area contributed by atoms with Gasteiger partial charge in [0.2, 0.25) is 0 Å². The number of hydrogen-bond donors (Lipinski definition) is 0. The Labute approximate surface area is 108 Å². The second-order valence-electron chi connectivity index (χ2n) is 3.52. The summed E-state index contributed by atoms with van der Waals surface area (Å²) in [5.41, 5.74) is -6.43. The number of ether oxygens (including phenoxy) is 1. The summed E-state index contributed by atoms with van der Waals surface area (Å²) in [5, 5.41) is 0. The Morgan fingerprint density at radius 2 is 1.33 bits per heavy atom. The van der Waals surface area contributed by atoms with Crippen molar-refractivity contribution in [3.63, 3.8) is 0 Å². The molecule has 1 aromatic rings. The fourth-order valence-electron chi connectivity index (χ4n) is 1.24. The van der Waals surface area contributed by atoms with Gasteiger partial charge in [-0.05, 0) is 0 Å². The number of hydrogen-bond acceptors (Lipinski definition) is 4. The predicted octanol–water partition coefficient (Wildman–Crippen LogP) is 3.18. The Bertz CT molecular complexity index is 495. The van der Waals surface area contributed by atoms with Crippen LogP contribution in [-0.4, -0.2) is 24.1 Å². The van der Waals surface area contributed by atoms with E-state index >= 15 is 0 Å². The van der Waals surface area contributed by atoms with Crippen LogP contribution in [-0.2, 0) is 11.3 Å². The lowest BCUT2D eigenvalue weighted by molar-refractivity contribution is -0.460. The second kappa shape index (κ2) is 4.96. The van der Waals surface area contributed by atoms with Crippen molar-refractivity contribution in [1.82, 2.24) is 0 Å². The van der Waals surface area contributed by atoms with Crippen LogP contribution in [0.25, 0.3) is 0 Å². The summed E-state index contributed by atoms with van der Waals surface area (Å²) in [5.74, 6) is -2.62. The van der Waals surface area contributed by atoms with Crippen LogP contribution < -0.4 is 5.82 Å². The van der Waals surface area contributed by atoms with E-state index in [1.165, 1.54) is 0 Å². The van der Waals surface area contributed by atoms with Gasteiger partial charge in [0.05, 0.1) is 0 Å². The van der Waals surface area contributed by atoms with Crippen LogP contribution in [0, 0.1) is 0 Å². The normalized spacial score (nSPS) is 14.5. The average Bonchev–Trinajstić information content (AvgIpc) is 2.58. The van der Waals surface area contributed by atoms with E-state index in [-0.39, 0.29) is 6.26 Å². The zero-order chi connectivity index (χ0) is 16.7. The van der Waals surface area contributed by atoms with Gasteiger partial charge in [-0.2, -0.15) is 39.5 Å². The van der Waals surface area contributed by atoms with Crippen LogP contribution >= 0.6 is 0 Å². The Kier molecular flexibility index (Phi) is 4.11. The fraction of sp³-hybridized carbons (Fsp3) is 0.625. The molecular formula is C8H3F9O4. The minimum absolute atomic E-state index is 0.218. The molecule has 0 aliphatic carbocycles. The maximum Gasteiger partial charge on any atom is 0.518 e. The molecule has 0 aromatic carbocycles. The van der Waals surface area contributed by atoms with Crippen molar-refractivity contribution in [2.75, 3.05) is 0 Å². The van der Waals surface area contributed by atoms with Crippen molar-refractivity contribution in [3.05, 3.63) is 22.6 Å². The maximum atomic E-state index is 12.4. The zero-order valence-electron chi connectivity index (χ0n) is 9.32. The summed E-state index contributed by atoms with van der Waals surface area (Å²) in [4.78, 5) is 10.3. The first kappa shape index (κ1) is 17.4. The van der Waals surface area contributed by atoms with E-state index in [9.17, 15) is 44.3 Å². The SMILES string of the molecule is O=c1occ(COC(C(F)(F)F)(C(F)(F)F)C(F)(F)F)o1. The highest BCUT2D eigenvalue weighted by Gasteiger charge is 2.85. The number of alkyl halides is 9. The molecule has 0 N–H and O–H groups in total. The minimum atomic E-state index is -6.85. The molecule has 0 aliphatic rings. The second-order valence-corrected chi connectivity index (χ2v) is 3.52. The van der Waals surface area contributed by atoms with Gasteiger partial charge in [-0.25, -0.2) is 4.79 Å². The van der Waals surface area contributed by atoms with E-state index in [0.717, 1.165) is 0 Å². The lowest BCUT2D eigenvalue weighted by Gasteiger charge is -2.37. The summed E-state index contributed by atoms with van der Waals surface area (Å²) in [6, 6.07) is 0. The fourth-order valence-corrected chi connectivity index (χ4v) is 1.24. The number of rotatable bonds is 3. The van der Waals surface area contributed by atoms with Crippen molar-refractivity contribution in [2.45, 2.75) is 30.7 Å². The molecule has 0 radical (unpaired) electrons. The van der Waals surface area contributed by atoms with Gasteiger partial charge >= 0.3 is 30.0 Å². The lowest BCUT2D eigenvalue weighted by atomic mass is 10.0. The van der Waals surface area contributed by atoms with Crippen LogP contribution in [0.2, 0.25) is 0 Å². The van der Waals surface area contributed by atoms with Gasteiger partial charge in [0, 0.05) is 0 Å². The monoisotopic (exact) mass is 334 g/mol. The molecular weight excluding hydrogens is 331 g/mol. The highest BCUT2D eigenvalue weighted by Crippen LogP contribution is 2.55. The van der Waals surface area contributed by atoms with E-state index in [1.807, 2.05) is 0 Å². The Balaban J connectivity index is 3.27. The third-order valence-electron chi connectivity index (χ3n) is 2.13. The third kappa shape index (κ3) is 3.01. The van der Waals surface area contributed by atoms with Crippen LogP contribution in [0.15, 0.2) is 19.9 Å². The first-order valence-corrected chi connectivity index (χ1v) is 4.64. The molecule has 0 saturated carbocycles. The van der Waals surface area contributed by atoms with E-state index in [2.05, 4.69) is 13.6 Å². The highest BCUT2D eigenvalue weighted by molar-refractivity contribution is 5.03. The van der Waals surface area contributed by atoms with Crippen LogP contribution in [0.3, 0.4) is 0 Å². The first-order valence-electron chi connectivity index (χ1n) is 4.64. The quantitative estimate of drug-likeness (QED) is 0.797. The summed E-state index contributed by atoms with van der Waals surface area (Å²) in [6.07, 6.45) is -20.3. The molecule has 0 spiro atoms. The van der Waals surface area contributed by atoms with Crippen molar-refractivity contribution < 1.29 is 53.1 Å². The summed E-state index contributed by atoms with van der Waals surface area (Å²) < 4.78 is 122. The van der Waals surface area contributed by atoms with E-state index in [1.54, 1.807) is 0 Å². The molecule has 1 heterocycles. The van der Waals surface area contributed by atoms with Crippen molar-refractivity contribution in [1.29, 1.82) is 0 Å². The molecule has 0 atom stereocenters. The molecule has 4 nitrogen and oxygen atoms in total. The molecule has 13 heteroatoms. The Morgan fingerprint density at radius 3 is 1.62 bits per heavy atom.